The first-order valence-electron chi connectivity index (χ1n) is 5.42. The predicted octanol–water partition coefficient (Wildman–Crippen LogP) is 2.43. The number of carboxylic acid groups (broad SMARTS) is 1. The molecule has 2 heterocycles. The summed E-state index contributed by atoms with van der Waals surface area (Å²) in [5, 5.41) is 18.8. The number of carbonyl (C=O) groups is 1. The third kappa shape index (κ3) is 2.33. The molecule has 2 rings (SSSR count). The Morgan fingerprint density at radius 2 is 2.28 bits per heavy atom. The summed E-state index contributed by atoms with van der Waals surface area (Å²) in [5.74, 6) is -0.615. The molecule has 5 nitrogen and oxygen atoms in total. The van der Waals surface area contributed by atoms with Crippen LogP contribution in [-0.4, -0.2) is 28.3 Å². The standard InChI is InChI=1S/C12H13N3O2S/c1-8(10-4-3-7-18-10)15(2)11-9(12(16)17)5-6-13-14-11/h3-8H,1-2H3,(H,16,17). The van der Waals surface area contributed by atoms with Gasteiger partial charge in [-0.3, -0.25) is 0 Å². The Kier molecular flexibility index (Phi) is 3.57. The highest BCUT2D eigenvalue weighted by Gasteiger charge is 2.20. The van der Waals surface area contributed by atoms with E-state index in [9.17, 15) is 4.79 Å². The molecule has 0 saturated carbocycles. The summed E-state index contributed by atoms with van der Waals surface area (Å²) in [6.45, 7) is 2.01. The minimum Gasteiger partial charge on any atom is -0.478 e. The van der Waals surface area contributed by atoms with Gasteiger partial charge in [0.2, 0.25) is 0 Å². The first-order chi connectivity index (χ1) is 8.61. The first-order valence-corrected chi connectivity index (χ1v) is 6.30. The van der Waals surface area contributed by atoms with Gasteiger partial charge in [-0.2, -0.15) is 5.10 Å². The van der Waals surface area contributed by atoms with Crippen molar-refractivity contribution in [2.75, 3.05) is 11.9 Å². The molecule has 0 saturated heterocycles. The van der Waals surface area contributed by atoms with Crippen LogP contribution in [0.1, 0.15) is 28.2 Å². The summed E-state index contributed by atoms with van der Waals surface area (Å²) < 4.78 is 0. The van der Waals surface area contributed by atoms with E-state index in [2.05, 4.69) is 10.2 Å². The average molecular weight is 263 g/mol. The van der Waals surface area contributed by atoms with Crippen LogP contribution in [0.25, 0.3) is 0 Å². The first kappa shape index (κ1) is 12.5. The maximum atomic E-state index is 11.1. The summed E-state index contributed by atoms with van der Waals surface area (Å²) in [5.41, 5.74) is 0.163. The molecule has 1 unspecified atom stereocenters. The van der Waals surface area contributed by atoms with Crippen molar-refractivity contribution in [2.24, 2.45) is 0 Å². The van der Waals surface area contributed by atoms with Crippen LogP contribution in [0, 0.1) is 0 Å². The molecule has 0 fully saturated rings. The molecule has 0 aromatic carbocycles. The lowest BCUT2D eigenvalue weighted by molar-refractivity contribution is 0.0697. The lowest BCUT2D eigenvalue weighted by Crippen LogP contribution is -2.24. The number of aromatic carboxylic acids is 1. The molecule has 0 amide bonds. The third-order valence-corrected chi connectivity index (χ3v) is 3.84. The zero-order chi connectivity index (χ0) is 13.1. The van der Waals surface area contributed by atoms with Gasteiger partial charge in [-0.1, -0.05) is 6.07 Å². The van der Waals surface area contributed by atoms with Crippen molar-refractivity contribution < 1.29 is 9.90 Å². The van der Waals surface area contributed by atoms with Gasteiger partial charge in [0.15, 0.2) is 5.82 Å². The van der Waals surface area contributed by atoms with Gasteiger partial charge in [-0.15, -0.1) is 16.4 Å². The normalized spacial score (nSPS) is 12.1. The summed E-state index contributed by atoms with van der Waals surface area (Å²) in [6.07, 6.45) is 1.39. The number of hydrogen-bond acceptors (Lipinski definition) is 5. The monoisotopic (exact) mass is 263 g/mol. The maximum absolute atomic E-state index is 11.1. The highest BCUT2D eigenvalue weighted by Crippen LogP contribution is 2.28. The second-order valence-electron chi connectivity index (χ2n) is 3.88. The molecular formula is C12H13N3O2S. The summed E-state index contributed by atoms with van der Waals surface area (Å²) in [4.78, 5) is 14.1. The van der Waals surface area contributed by atoms with Crippen molar-refractivity contribution in [3.05, 3.63) is 40.2 Å². The number of carboxylic acids is 1. The van der Waals surface area contributed by atoms with E-state index in [1.165, 1.54) is 12.3 Å². The Labute approximate surface area is 109 Å². The Bertz CT molecular complexity index is 542. The second kappa shape index (κ2) is 5.14. The van der Waals surface area contributed by atoms with Gasteiger partial charge < -0.3 is 10.0 Å². The van der Waals surface area contributed by atoms with E-state index in [-0.39, 0.29) is 11.6 Å². The number of thiophene rings is 1. The number of hydrogen-bond donors (Lipinski definition) is 1. The molecule has 0 aliphatic carbocycles. The van der Waals surface area contributed by atoms with Crippen LogP contribution in [0.4, 0.5) is 5.82 Å². The predicted molar refractivity (Wildman–Crippen MR) is 70.1 cm³/mol. The molecule has 2 aromatic heterocycles. The Morgan fingerprint density at radius 3 is 2.89 bits per heavy atom. The van der Waals surface area contributed by atoms with E-state index in [0.717, 1.165) is 4.88 Å². The lowest BCUT2D eigenvalue weighted by Gasteiger charge is -2.25. The van der Waals surface area contributed by atoms with Crippen LogP contribution in [0.2, 0.25) is 0 Å². The van der Waals surface area contributed by atoms with Gasteiger partial charge in [0.05, 0.1) is 12.2 Å². The summed E-state index contributed by atoms with van der Waals surface area (Å²) >= 11 is 1.63. The van der Waals surface area contributed by atoms with Crippen LogP contribution in [-0.2, 0) is 0 Å². The topological polar surface area (TPSA) is 66.3 Å². The molecule has 18 heavy (non-hydrogen) atoms. The average Bonchev–Trinajstić information content (AvgIpc) is 2.90. The maximum Gasteiger partial charge on any atom is 0.339 e. The van der Waals surface area contributed by atoms with Gasteiger partial charge in [0, 0.05) is 11.9 Å². The van der Waals surface area contributed by atoms with Crippen LogP contribution >= 0.6 is 11.3 Å². The van der Waals surface area contributed by atoms with Crippen LogP contribution in [0.15, 0.2) is 29.8 Å². The molecule has 2 aromatic rings. The largest absolute Gasteiger partial charge is 0.478 e. The third-order valence-electron chi connectivity index (χ3n) is 2.80. The minimum absolute atomic E-state index is 0.0554. The number of nitrogens with zero attached hydrogens (tertiary/aromatic N) is 3. The zero-order valence-corrected chi connectivity index (χ0v) is 10.9. The minimum atomic E-state index is -0.995. The van der Waals surface area contributed by atoms with E-state index in [4.69, 9.17) is 5.11 Å². The van der Waals surface area contributed by atoms with Gasteiger partial charge in [-0.25, -0.2) is 4.79 Å². The number of anilines is 1. The van der Waals surface area contributed by atoms with E-state index >= 15 is 0 Å². The Morgan fingerprint density at radius 1 is 1.50 bits per heavy atom. The van der Waals surface area contributed by atoms with Crippen LogP contribution < -0.4 is 4.90 Å². The van der Waals surface area contributed by atoms with Crippen LogP contribution in [0.5, 0.6) is 0 Å². The second-order valence-corrected chi connectivity index (χ2v) is 4.86. The molecule has 0 aliphatic heterocycles. The van der Waals surface area contributed by atoms with Crippen LogP contribution in [0.3, 0.4) is 0 Å². The molecule has 0 bridgehead atoms. The SMILES string of the molecule is CC(c1cccs1)N(C)c1nnccc1C(=O)O. The van der Waals surface area contributed by atoms with Crippen molar-refractivity contribution in [3.8, 4) is 0 Å². The lowest BCUT2D eigenvalue weighted by atomic mass is 10.2. The molecule has 0 aliphatic rings. The summed E-state index contributed by atoms with van der Waals surface area (Å²) in [6, 6.07) is 5.50. The Balaban J connectivity index is 2.34. The Hall–Kier alpha value is -1.95. The fraction of sp³-hybridized carbons (Fsp3) is 0.250. The van der Waals surface area contributed by atoms with Gasteiger partial charge in [0.1, 0.15) is 5.56 Å². The number of aromatic nitrogens is 2. The zero-order valence-electron chi connectivity index (χ0n) is 10.1. The molecule has 1 atom stereocenters. The van der Waals surface area contributed by atoms with Crippen molar-refractivity contribution in [2.45, 2.75) is 13.0 Å². The number of rotatable bonds is 4. The van der Waals surface area contributed by atoms with Crippen molar-refractivity contribution in [3.63, 3.8) is 0 Å². The molecule has 6 heteroatoms. The van der Waals surface area contributed by atoms with Gasteiger partial charge >= 0.3 is 5.97 Å². The van der Waals surface area contributed by atoms with Crippen molar-refractivity contribution in [1.82, 2.24) is 10.2 Å². The molecule has 94 valence electrons. The molecule has 0 spiro atoms. The van der Waals surface area contributed by atoms with E-state index in [1.807, 2.05) is 36.4 Å². The van der Waals surface area contributed by atoms with E-state index in [1.54, 1.807) is 11.3 Å². The summed E-state index contributed by atoms with van der Waals surface area (Å²) in [7, 11) is 1.82. The fourth-order valence-corrected chi connectivity index (χ4v) is 2.48. The van der Waals surface area contributed by atoms with Crippen molar-refractivity contribution >= 4 is 23.1 Å². The van der Waals surface area contributed by atoms with E-state index in [0.29, 0.717) is 5.82 Å². The highest BCUT2D eigenvalue weighted by atomic mass is 32.1. The van der Waals surface area contributed by atoms with Gasteiger partial charge in [0.25, 0.3) is 0 Å². The van der Waals surface area contributed by atoms with Gasteiger partial charge in [-0.05, 0) is 24.4 Å². The molecular weight excluding hydrogens is 250 g/mol. The molecule has 0 radical (unpaired) electrons. The van der Waals surface area contributed by atoms with Crippen molar-refractivity contribution in [1.29, 1.82) is 0 Å². The quantitative estimate of drug-likeness (QED) is 0.917. The molecule has 1 N–H and O–H groups in total. The van der Waals surface area contributed by atoms with E-state index < -0.39 is 5.97 Å². The fourth-order valence-electron chi connectivity index (χ4n) is 1.66. The smallest absolute Gasteiger partial charge is 0.339 e. The highest BCUT2D eigenvalue weighted by molar-refractivity contribution is 7.10.